The molecule has 1 aromatic rings. The second-order valence-corrected chi connectivity index (χ2v) is 9.37. The predicted octanol–water partition coefficient (Wildman–Crippen LogP) is 4.30. The van der Waals surface area contributed by atoms with Crippen molar-refractivity contribution >= 4 is 17.7 Å². The molecule has 1 saturated carbocycles. The van der Waals surface area contributed by atoms with E-state index in [9.17, 15) is 0 Å². The first kappa shape index (κ1) is 20.5. The molecule has 2 N–H and O–H groups in total. The lowest BCUT2D eigenvalue weighted by Gasteiger charge is -2.33. The topological polar surface area (TPSA) is 45.7 Å². The highest BCUT2D eigenvalue weighted by Crippen LogP contribution is 2.33. The minimum atomic E-state index is 0.182. The third-order valence-corrected chi connectivity index (χ3v) is 6.97. The number of hydrogen-bond acceptors (Lipinski definition) is 3. The van der Waals surface area contributed by atoms with Gasteiger partial charge in [-0.1, -0.05) is 36.8 Å². The zero-order chi connectivity index (χ0) is 19.1. The summed E-state index contributed by atoms with van der Waals surface area (Å²) >= 11 is 2.10. The molecule has 27 heavy (non-hydrogen) atoms. The number of rotatable bonds is 6. The van der Waals surface area contributed by atoms with E-state index in [-0.39, 0.29) is 6.10 Å². The standard InChI is InChI=1S/C22H35N3OS/c1-4-27-20-12-11-19(14-20)25-22(23-3)24-15-18-6-5-13-26-21(18)17-9-7-16(2)8-10-17/h7-10,18-21H,4-6,11-15H2,1-3H3,(H2,23,24,25). The molecule has 4 unspecified atom stereocenters. The Kier molecular flexibility index (Phi) is 7.89. The summed E-state index contributed by atoms with van der Waals surface area (Å²) in [6.07, 6.45) is 6.33. The molecule has 0 aromatic heterocycles. The van der Waals surface area contributed by atoms with Crippen molar-refractivity contribution in [2.24, 2.45) is 10.9 Å². The first-order chi connectivity index (χ1) is 13.2. The highest BCUT2D eigenvalue weighted by atomic mass is 32.2. The lowest BCUT2D eigenvalue weighted by atomic mass is 9.89. The number of aryl methyl sites for hydroxylation is 1. The Labute approximate surface area is 168 Å². The molecule has 2 aliphatic rings. The average molecular weight is 390 g/mol. The van der Waals surface area contributed by atoms with Crippen molar-refractivity contribution in [2.45, 2.75) is 63.3 Å². The van der Waals surface area contributed by atoms with Crippen LogP contribution in [0.5, 0.6) is 0 Å². The molecule has 150 valence electrons. The maximum Gasteiger partial charge on any atom is 0.191 e. The summed E-state index contributed by atoms with van der Waals surface area (Å²) in [5.74, 6) is 2.63. The Morgan fingerprint density at radius 3 is 2.78 bits per heavy atom. The molecule has 3 rings (SSSR count). The molecule has 1 heterocycles. The Morgan fingerprint density at radius 1 is 1.22 bits per heavy atom. The van der Waals surface area contributed by atoms with Gasteiger partial charge in [-0.3, -0.25) is 4.99 Å². The van der Waals surface area contributed by atoms with Crippen molar-refractivity contribution in [1.29, 1.82) is 0 Å². The van der Waals surface area contributed by atoms with Crippen LogP contribution in [0, 0.1) is 12.8 Å². The molecule has 2 fully saturated rings. The minimum absolute atomic E-state index is 0.182. The highest BCUT2D eigenvalue weighted by Gasteiger charge is 2.28. The molecule has 5 heteroatoms. The van der Waals surface area contributed by atoms with E-state index in [1.165, 1.54) is 42.6 Å². The number of nitrogens with zero attached hydrogens (tertiary/aromatic N) is 1. The summed E-state index contributed by atoms with van der Waals surface area (Å²) in [7, 11) is 1.87. The van der Waals surface area contributed by atoms with Crippen LogP contribution in [0.25, 0.3) is 0 Å². The summed E-state index contributed by atoms with van der Waals surface area (Å²) in [4.78, 5) is 4.46. The number of hydrogen-bond donors (Lipinski definition) is 2. The summed E-state index contributed by atoms with van der Waals surface area (Å²) in [5, 5.41) is 8.03. The molecule has 4 nitrogen and oxygen atoms in total. The second kappa shape index (κ2) is 10.4. The summed E-state index contributed by atoms with van der Waals surface area (Å²) in [5.41, 5.74) is 2.59. The molecule has 0 amide bonds. The molecule has 0 bridgehead atoms. The van der Waals surface area contributed by atoms with Crippen molar-refractivity contribution in [1.82, 2.24) is 10.6 Å². The van der Waals surface area contributed by atoms with Crippen LogP contribution in [0.4, 0.5) is 0 Å². The van der Waals surface area contributed by atoms with Crippen LogP contribution in [0.3, 0.4) is 0 Å². The third kappa shape index (κ3) is 5.89. The van der Waals surface area contributed by atoms with Crippen LogP contribution in [0.2, 0.25) is 0 Å². The van der Waals surface area contributed by atoms with Crippen molar-refractivity contribution in [3.63, 3.8) is 0 Å². The van der Waals surface area contributed by atoms with Gasteiger partial charge in [0.15, 0.2) is 5.96 Å². The molecular weight excluding hydrogens is 354 g/mol. The lowest BCUT2D eigenvalue weighted by molar-refractivity contribution is -0.0265. The van der Waals surface area contributed by atoms with Gasteiger partial charge in [-0.25, -0.2) is 0 Å². The Bertz CT molecular complexity index is 604. The Hall–Kier alpha value is -1.20. The smallest absolute Gasteiger partial charge is 0.191 e. The fourth-order valence-electron chi connectivity index (χ4n) is 4.25. The van der Waals surface area contributed by atoms with E-state index < -0.39 is 0 Å². The highest BCUT2D eigenvalue weighted by molar-refractivity contribution is 7.99. The normalized spacial score (nSPS) is 28.9. The monoisotopic (exact) mass is 389 g/mol. The molecule has 0 spiro atoms. The van der Waals surface area contributed by atoms with Crippen LogP contribution < -0.4 is 10.6 Å². The predicted molar refractivity (Wildman–Crippen MR) is 117 cm³/mol. The van der Waals surface area contributed by atoms with Gasteiger partial charge < -0.3 is 15.4 Å². The number of guanidine groups is 1. The molecule has 0 radical (unpaired) electrons. The first-order valence-electron chi connectivity index (χ1n) is 10.5. The maximum atomic E-state index is 6.15. The van der Waals surface area contributed by atoms with Gasteiger partial charge >= 0.3 is 0 Å². The van der Waals surface area contributed by atoms with Crippen LogP contribution in [-0.2, 0) is 4.74 Å². The van der Waals surface area contributed by atoms with E-state index in [0.29, 0.717) is 12.0 Å². The minimum Gasteiger partial charge on any atom is -0.373 e. The molecular formula is C22H35N3OS. The van der Waals surface area contributed by atoms with Gasteiger partial charge in [0, 0.05) is 37.4 Å². The van der Waals surface area contributed by atoms with Crippen LogP contribution in [0.15, 0.2) is 29.3 Å². The Balaban J connectivity index is 1.52. The molecule has 4 atom stereocenters. The van der Waals surface area contributed by atoms with Crippen molar-refractivity contribution in [3.8, 4) is 0 Å². The van der Waals surface area contributed by atoms with Crippen molar-refractivity contribution < 1.29 is 4.74 Å². The van der Waals surface area contributed by atoms with E-state index in [1.807, 2.05) is 7.05 Å². The van der Waals surface area contributed by atoms with Crippen LogP contribution >= 0.6 is 11.8 Å². The average Bonchev–Trinajstić information content (AvgIpc) is 3.13. The van der Waals surface area contributed by atoms with Gasteiger partial charge in [0.1, 0.15) is 0 Å². The molecule has 1 aliphatic heterocycles. The number of ether oxygens (including phenoxy) is 1. The molecule has 1 aromatic carbocycles. The first-order valence-corrected chi connectivity index (χ1v) is 11.5. The summed E-state index contributed by atoms with van der Waals surface area (Å²) in [6, 6.07) is 9.35. The summed E-state index contributed by atoms with van der Waals surface area (Å²) < 4.78 is 6.15. The number of aliphatic imine (C=N–C) groups is 1. The van der Waals surface area contributed by atoms with Gasteiger partial charge in [-0.05, 0) is 50.3 Å². The molecule has 1 saturated heterocycles. The number of nitrogens with one attached hydrogen (secondary N) is 2. The summed E-state index contributed by atoms with van der Waals surface area (Å²) in [6.45, 7) is 6.15. The quantitative estimate of drug-likeness (QED) is 0.562. The van der Waals surface area contributed by atoms with Crippen LogP contribution in [0.1, 0.15) is 56.3 Å². The second-order valence-electron chi connectivity index (χ2n) is 7.79. The van der Waals surface area contributed by atoms with E-state index >= 15 is 0 Å². The number of thioether (sulfide) groups is 1. The third-order valence-electron chi connectivity index (χ3n) is 5.73. The zero-order valence-corrected chi connectivity index (χ0v) is 17.9. The lowest BCUT2D eigenvalue weighted by Crippen LogP contribution is -2.45. The van der Waals surface area contributed by atoms with E-state index in [1.54, 1.807) is 0 Å². The molecule has 1 aliphatic carbocycles. The van der Waals surface area contributed by atoms with Crippen molar-refractivity contribution in [3.05, 3.63) is 35.4 Å². The number of benzene rings is 1. The zero-order valence-electron chi connectivity index (χ0n) is 17.0. The SMILES string of the molecule is CCSC1CCC(NC(=NC)NCC2CCCOC2c2ccc(C)cc2)C1. The van der Waals surface area contributed by atoms with Crippen LogP contribution in [-0.4, -0.2) is 43.2 Å². The fourth-order valence-corrected chi connectivity index (χ4v) is 5.39. The van der Waals surface area contributed by atoms with Gasteiger partial charge in [0.25, 0.3) is 0 Å². The van der Waals surface area contributed by atoms with Gasteiger partial charge in [0.05, 0.1) is 6.10 Å². The maximum absolute atomic E-state index is 6.15. The van der Waals surface area contributed by atoms with Gasteiger partial charge in [-0.2, -0.15) is 11.8 Å². The largest absolute Gasteiger partial charge is 0.373 e. The van der Waals surface area contributed by atoms with E-state index in [0.717, 1.165) is 30.8 Å². The fraction of sp³-hybridized carbons (Fsp3) is 0.682. The van der Waals surface area contributed by atoms with E-state index in [2.05, 4.69) is 65.5 Å². The van der Waals surface area contributed by atoms with Gasteiger partial charge in [-0.15, -0.1) is 0 Å². The van der Waals surface area contributed by atoms with Gasteiger partial charge in [0.2, 0.25) is 0 Å². The Morgan fingerprint density at radius 2 is 2.04 bits per heavy atom. The van der Waals surface area contributed by atoms with Crippen molar-refractivity contribution in [2.75, 3.05) is 26.0 Å². The van der Waals surface area contributed by atoms with E-state index in [4.69, 9.17) is 4.74 Å².